The minimum absolute atomic E-state index is 0.0348. The summed E-state index contributed by atoms with van der Waals surface area (Å²) in [5, 5.41) is 9.22. The first kappa shape index (κ1) is 23.3. The molecule has 0 atom stereocenters. The number of ether oxygens (including phenoxy) is 1. The van der Waals surface area contributed by atoms with Crippen molar-refractivity contribution in [2.75, 3.05) is 37.7 Å². The monoisotopic (exact) mass is 488 g/mol. The molecule has 0 spiro atoms. The first-order chi connectivity index (χ1) is 16.9. The molecular weight excluding hydrogens is 460 g/mol. The third-order valence-electron chi connectivity index (χ3n) is 7.03. The summed E-state index contributed by atoms with van der Waals surface area (Å²) in [4.78, 5) is 28.8. The summed E-state index contributed by atoms with van der Waals surface area (Å²) >= 11 is 4.47. The van der Waals surface area contributed by atoms with Gasteiger partial charge in [-0.1, -0.05) is 48.5 Å². The van der Waals surface area contributed by atoms with Crippen LogP contribution in [0.1, 0.15) is 28.2 Å². The van der Waals surface area contributed by atoms with Gasteiger partial charge in [0.25, 0.3) is 0 Å². The molecule has 3 aromatic carbocycles. The standard InChI is InChI=1S/C28H28N2O4S/c1-18-19(15-27(31)32)14-20(35)16-26(18)29-10-12-30(13-11-29)28(33)34-17-25-23-8-4-2-6-21(23)22-7-3-5-9-24(22)25/h2-9,14,16,25,35H,10-13,15,17H2,1H3,(H,31,32). The minimum Gasteiger partial charge on any atom is -0.481 e. The second kappa shape index (κ2) is 9.66. The number of thiol groups is 1. The molecule has 0 unspecified atom stereocenters. The molecule has 1 N–H and O–H groups in total. The van der Waals surface area contributed by atoms with Gasteiger partial charge in [-0.3, -0.25) is 4.79 Å². The van der Waals surface area contributed by atoms with Crippen LogP contribution in [0.15, 0.2) is 65.6 Å². The summed E-state index contributed by atoms with van der Waals surface area (Å²) < 4.78 is 5.82. The van der Waals surface area contributed by atoms with Gasteiger partial charge in [0.2, 0.25) is 0 Å². The molecule has 1 aliphatic carbocycles. The van der Waals surface area contributed by atoms with E-state index in [1.54, 1.807) is 4.90 Å². The highest BCUT2D eigenvalue weighted by atomic mass is 32.1. The average Bonchev–Trinajstić information content (AvgIpc) is 3.18. The topological polar surface area (TPSA) is 70.1 Å². The van der Waals surface area contributed by atoms with E-state index in [0.717, 1.165) is 21.7 Å². The Bertz CT molecular complexity index is 1240. The minimum atomic E-state index is -0.863. The van der Waals surface area contributed by atoms with Crippen molar-refractivity contribution in [2.24, 2.45) is 0 Å². The van der Waals surface area contributed by atoms with E-state index < -0.39 is 5.97 Å². The van der Waals surface area contributed by atoms with E-state index in [4.69, 9.17) is 4.74 Å². The Morgan fingerprint density at radius 3 is 2.17 bits per heavy atom. The number of anilines is 1. The van der Waals surface area contributed by atoms with Crippen molar-refractivity contribution in [3.8, 4) is 11.1 Å². The zero-order valence-electron chi connectivity index (χ0n) is 19.6. The van der Waals surface area contributed by atoms with Crippen molar-refractivity contribution in [3.05, 3.63) is 82.9 Å². The molecule has 2 aliphatic rings. The number of hydrogen-bond donors (Lipinski definition) is 2. The van der Waals surface area contributed by atoms with E-state index in [1.165, 1.54) is 22.3 Å². The number of carboxylic acid groups (broad SMARTS) is 1. The Hall–Kier alpha value is -3.45. The van der Waals surface area contributed by atoms with E-state index in [0.29, 0.717) is 32.8 Å². The normalized spacial score (nSPS) is 15.0. The zero-order valence-corrected chi connectivity index (χ0v) is 20.5. The predicted molar refractivity (Wildman–Crippen MR) is 139 cm³/mol. The molecule has 0 radical (unpaired) electrons. The van der Waals surface area contributed by atoms with Gasteiger partial charge in [0.1, 0.15) is 6.61 Å². The van der Waals surface area contributed by atoms with E-state index in [2.05, 4.69) is 41.8 Å². The van der Waals surface area contributed by atoms with Crippen LogP contribution in [-0.2, 0) is 16.0 Å². The predicted octanol–water partition coefficient (Wildman–Crippen LogP) is 4.98. The van der Waals surface area contributed by atoms with Gasteiger partial charge < -0.3 is 19.6 Å². The van der Waals surface area contributed by atoms with Gasteiger partial charge in [-0.05, 0) is 52.4 Å². The fraction of sp³-hybridized carbons (Fsp3) is 0.286. The molecule has 1 amide bonds. The van der Waals surface area contributed by atoms with Gasteiger partial charge in [-0.2, -0.15) is 0 Å². The Kier molecular flexibility index (Phi) is 6.43. The highest BCUT2D eigenvalue weighted by molar-refractivity contribution is 7.80. The Labute approximate surface area is 210 Å². The maximum absolute atomic E-state index is 12.9. The van der Waals surface area contributed by atoms with Crippen LogP contribution in [0.2, 0.25) is 0 Å². The fourth-order valence-corrected chi connectivity index (χ4v) is 5.51. The summed E-state index contributed by atoms with van der Waals surface area (Å²) in [5.74, 6) is -0.820. The van der Waals surface area contributed by atoms with Crippen molar-refractivity contribution in [1.29, 1.82) is 0 Å². The quantitative estimate of drug-likeness (QED) is 0.496. The second-order valence-corrected chi connectivity index (χ2v) is 9.61. The molecule has 6 nitrogen and oxygen atoms in total. The first-order valence-corrected chi connectivity index (χ1v) is 12.3. The number of hydrogen-bond acceptors (Lipinski definition) is 5. The number of carboxylic acids is 1. The molecule has 3 aromatic rings. The SMILES string of the molecule is Cc1c(CC(=O)O)cc(S)cc1N1CCN(C(=O)OCC2c3ccccc3-c3ccccc32)CC1. The van der Waals surface area contributed by atoms with Gasteiger partial charge >= 0.3 is 12.1 Å². The number of aliphatic carboxylic acids is 1. The van der Waals surface area contributed by atoms with Crippen molar-refractivity contribution in [1.82, 2.24) is 4.90 Å². The Balaban J connectivity index is 1.23. The summed E-state index contributed by atoms with van der Waals surface area (Å²) in [6, 6.07) is 20.4. The van der Waals surface area contributed by atoms with Gasteiger partial charge in [-0.15, -0.1) is 12.6 Å². The molecule has 0 bridgehead atoms. The zero-order chi connectivity index (χ0) is 24.5. The van der Waals surface area contributed by atoms with E-state index >= 15 is 0 Å². The van der Waals surface area contributed by atoms with Gasteiger partial charge in [0, 0.05) is 42.7 Å². The summed E-state index contributed by atoms with van der Waals surface area (Å²) in [5.41, 5.74) is 7.50. The number of carbonyl (C=O) groups is 2. The summed E-state index contributed by atoms with van der Waals surface area (Å²) in [6.45, 7) is 4.64. The third-order valence-corrected chi connectivity index (χ3v) is 7.29. The number of fused-ring (bicyclic) bond motifs is 3. The molecule has 5 rings (SSSR count). The maximum atomic E-state index is 12.9. The summed E-state index contributed by atoms with van der Waals surface area (Å²) in [7, 11) is 0. The highest BCUT2D eigenvalue weighted by Gasteiger charge is 2.30. The lowest BCUT2D eigenvalue weighted by molar-refractivity contribution is -0.136. The smallest absolute Gasteiger partial charge is 0.409 e. The number of piperazine rings is 1. The van der Waals surface area contributed by atoms with Crippen LogP contribution in [0.5, 0.6) is 0 Å². The van der Waals surface area contributed by atoms with Crippen molar-refractivity contribution < 1.29 is 19.4 Å². The number of carbonyl (C=O) groups excluding carboxylic acids is 1. The lowest BCUT2D eigenvalue weighted by Crippen LogP contribution is -2.49. The molecule has 7 heteroatoms. The van der Waals surface area contributed by atoms with Crippen LogP contribution >= 0.6 is 12.6 Å². The lowest BCUT2D eigenvalue weighted by Gasteiger charge is -2.36. The third kappa shape index (κ3) is 4.60. The van der Waals surface area contributed by atoms with Crippen LogP contribution in [0.25, 0.3) is 11.1 Å². The van der Waals surface area contributed by atoms with E-state index in [1.807, 2.05) is 43.3 Å². The first-order valence-electron chi connectivity index (χ1n) is 11.8. The van der Waals surface area contributed by atoms with Crippen LogP contribution in [-0.4, -0.2) is 54.9 Å². The molecule has 1 saturated heterocycles. The number of amides is 1. The van der Waals surface area contributed by atoms with Crippen molar-refractivity contribution in [3.63, 3.8) is 0 Å². The molecule has 1 fully saturated rings. The van der Waals surface area contributed by atoms with Crippen molar-refractivity contribution in [2.45, 2.75) is 24.2 Å². The second-order valence-electron chi connectivity index (χ2n) is 9.10. The van der Waals surface area contributed by atoms with Gasteiger partial charge in [0.05, 0.1) is 6.42 Å². The molecule has 0 saturated carbocycles. The van der Waals surface area contributed by atoms with Crippen LogP contribution < -0.4 is 4.90 Å². The number of rotatable bonds is 5. The van der Waals surface area contributed by atoms with Crippen LogP contribution in [0, 0.1) is 6.92 Å². The largest absolute Gasteiger partial charge is 0.481 e. The Morgan fingerprint density at radius 2 is 1.57 bits per heavy atom. The number of nitrogens with zero attached hydrogens (tertiary/aromatic N) is 2. The van der Waals surface area contributed by atoms with Gasteiger partial charge in [-0.25, -0.2) is 4.79 Å². The van der Waals surface area contributed by atoms with Crippen LogP contribution in [0.3, 0.4) is 0 Å². The molecule has 35 heavy (non-hydrogen) atoms. The summed E-state index contributed by atoms with van der Waals surface area (Å²) in [6.07, 6.45) is -0.329. The molecular formula is C28H28N2O4S. The number of benzene rings is 3. The van der Waals surface area contributed by atoms with Gasteiger partial charge in [0.15, 0.2) is 0 Å². The molecule has 0 aromatic heterocycles. The Morgan fingerprint density at radius 1 is 0.971 bits per heavy atom. The van der Waals surface area contributed by atoms with Crippen LogP contribution in [0.4, 0.5) is 10.5 Å². The lowest BCUT2D eigenvalue weighted by atomic mass is 9.98. The molecule has 180 valence electrons. The maximum Gasteiger partial charge on any atom is 0.409 e. The average molecular weight is 489 g/mol. The highest BCUT2D eigenvalue weighted by Crippen LogP contribution is 2.44. The van der Waals surface area contributed by atoms with Crippen molar-refractivity contribution >= 4 is 30.4 Å². The van der Waals surface area contributed by atoms with E-state index in [-0.39, 0.29) is 18.4 Å². The van der Waals surface area contributed by atoms with E-state index in [9.17, 15) is 14.7 Å². The molecule has 1 heterocycles. The fourth-order valence-electron chi connectivity index (χ4n) is 5.23. The molecule has 1 aliphatic heterocycles.